The summed E-state index contributed by atoms with van der Waals surface area (Å²) in [6.45, 7) is 3.18. The maximum Gasteiger partial charge on any atom is 0.226 e. The molecular formula is C16H21N3O3. The van der Waals surface area contributed by atoms with E-state index in [1.807, 2.05) is 24.3 Å². The van der Waals surface area contributed by atoms with Crippen molar-refractivity contribution < 1.29 is 14.1 Å². The molecule has 0 bridgehead atoms. The Morgan fingerprint density at radius 1 is 1.32 bits per heavy atom. The molecular weight excluding hydrogens is 282 g/mol. The highest BCUT2D eigenvalue weighted by Gasteiger charge is 2.06. The van der Waals surface area contributed by atoms with Gasteiger partial charge < -0.3 is 19.9 Å². The van der Waals surface area contributed by atoms with E-state index in [1.165, 1.54) is 0 Å². The third-order valence-corrected chi connectivity index (χ3v) is 3.19. The Morgan fingerprint density at radius 3 is 2.86 bits per heavy atom. The number of carbonyl (C=O) groups excluding carboxylic acids is 1. The molecule has 0 saturated carbocycles. The highest BCUT2D eigenvalue weighted by Crippen LogP contribution is 2.17. The molecule has 22 heavy (non-hydrogen) atoms. The van der Waals surface area contributed by atoms with E-state index in [2.05, 4.69) is 15.8 Å². The molecule has 0 spiro atoms. The second kappa shape index (κ2) is 8.19. The van der Waals surface area contributed by atoms with Crippen molar-refractivity contribution >= 4 is 11.7 Å². The van der Waals surface area contributed by atoms with Crippen LogP contribution in [-0.4, -0.2) is 31.3 Å². The van der Waals surface area contributed by atoms with E-state index in [4.69, 9.17) is 9.26 Å². The van der Waals surface area contributed by atoms with Gasteiger partial charge in [-0.05, 0) is 31.5 Å². The van der Waals surface area contributed by atoms with Crippen molar-refractivity contribution in [3.63, 3.8) is 0 Å². The summed E-state index contributed by atoms with van der Waals surface area (Å²) in [6, 6.07) is 9.62. The molecule has 0 fully saturated rings. The average molecular weight is 303 g/mol. The predicted molar refractivity (Wildman–Crippen MR) is 84.1 cm³/mol. The molecule has 0 aliphatic carbocycles. The number of methoxy groups -OCH3 is 1. The zero-order valence-electron chi connectivity index (χ0n) is 12.9. The third kappa shape index (κ3) is 4.89. The fourth-order valence-corrected chi connectivity index (χ4v) is 2.09. The van der Waals surface area contributed by atoms with Crippen LogP contribution < -0.4 is 15.4 Å². The number of rotatable bonds is 8. The Morgan fingerprint density at radius 2 is 2.14 bits per heavy atom. The summed E-state index contributed by atoms with van der Waals surface area (Å²) in [5.74, 6) is 1.93. The second-order valence-electron chi connectivity index (χ2n) is 4.93. The van der Waals surface area contributed by atoms with E-state index >= 15 is 0 Å². The van der Waals surface area contributed by atoms with Gasteiger partial charge in [-0.15, -0.1) is 0 Å². The van der Waals surface area contributed by atoms with E-state index in [0.717, 1.165) is 24.3 Å². The van der Waals surface area contributed by atoms with Gasteiger partial charge in [-0.1, -0.05) is 23.4 Å². The summed E-state index contributed by atoms with van der Waals surface area (Å²) in [4.78, 5) is 11.7. The second-order valence-corrected chi connectivity index (χ2v) is 4.93. The molecule has 0 atom stereocenters. The molecule has 1 aromatic carbocycles. The van der Waals surface area contributed by atoms with Crippen LogP contribution in [0.25, 0.3) is 0 Å². The minimum atomic E-state index is -0.0851. The number of nitrogens with zero attached hydrogens (tertiary/aromatic N) is 1. The maximum absolute atomic E-state index is 11.7. The minimum Gasteiger partial charge on any atom is -0.496 e. The highest BCUT2D eigenvalue weighted by atomic mass is 16.5. The van der Waals surface area contributed by atoms with E-state index < -0.39 is 0 Å². The lowest BCUT2D eigenvalue weighted by Crippen LogP contribution is -2.23. The third-order valence-electron chi connectivity index (χ3n) is 3.19. The molecule has 6 nitrogen and oxygen atoms in total. The van der Waals surface area contributed by atoms with Gasteiger partial charge >= 0.3 is 0 Å². The van der Waals surface area contributed by atoms with Gasteiger partial charge in [0.25, 0.3) is 0 Å². The van der Waals surface area contributed by atoms with Crippen molar-refractivity contribution in [1.82, 2.24) is 10.5 Å². The first-order chi connectivity index (χ1) is 10.7. The lowest BCUT2D eigenvalue weighted by atomic mass is 10.1. The highest BCUT2D eigenvalue weighted by molar-refractivity contribution is 5.89. The lowest BCUT2D eigenvalue weighted by Gasteiger charge is -2.08. The Balaban J connectivity index is 1.64. The topological polar surface area (TPSA) is 76.4 Å². The first kappa shape index (κ1) is 16.0. The van der Waals surface area contributed by atoms with E-state index in [9.17, 15) is 4.79 Å². The van der Waals surface area contributed by atoms with Crippen LogP contribution in [0.5, 0.6) is 5.75 Å². The largest absolute Gasteiger partial charge is 0.496 e. The van der Waals surface area contributed by atoms with Gasteiger partial charge in [0.05, 0.1) is 7.11 Å². The van der Waals surface area contributed by atoms with Crippen molar-refractivity contribution in [3.8, 4) is 5.75 Å². The van der Waals surface area contributed by atoms with Crippen molar-refractivity contribution in [2.45, 2.75) is 19.8 Å². The Kier molecular flexibility index (Phi) is 5.97. The normalized spacial score (nSPS) is 10.5. The minimum absolute atomic E-state index is 0.0851. The Bertz CT molecular complexity index is 610. The Labute approximate surface area is 129 Å². The summed E-state index contributed by atoms with van der Waals surface area (Å²) >= 11 is 0. The van der Waals surface area contributed by atoms with Crippen LogP contribution in [0.1, 0.15) is 17.7 Å². The van der Waals surface area contributed by atoms with Gasteiger partial charge in [0.15, 0.2) is 5.82 Å². The van der Waals surface area contributed by atoms with Crippen LogP contribution >= 0.6 is 0 Å². The number of hydrogen-bond donors (Lipinski definition) is 2. The molecule has 2 N–H and O–H groups in total. The standard InChI is InChI=1S/C16H21N3O3/c1-12-11-15(19-22-12)18-16(20)8-10-17-9-7-13-5-3-4-6-14(13)21-2/h3-6,11,17H,7-10H2,1-2H3,(H,18,19,20). The first-order valence-electron chi connectivity index (χ1n) is 7.25. The maximum atomic E-state index is 11.7. The van der Waals surface area contributed by atoms with Crippen LogP contribution in [-0.2, 0) is 11.2 Å². The van der Waals surface area contributed by atoms with E-state index in [-0.39, 0.29) is 5.91 Å². The molecule has 118 valence electrons. The average Bonchev–Trinajstić information content (AvgIpc) is 2.92. The molecule has 0 aliphatic heterocycles. The van der Waals surface area contributed by atoms with Crippen LogP contribution in [0.2, 0.25) is 0 Å². The van der Waals surface area contributed by atoms with Gasteiger partial charge in [-0.2, -0.15) is 0 Å². The number of carbonyl (C=O) groups is 1. The molecule has 1 heterocycles. The first-order valence-corrected chi connectivity index (χ1v) is 7.25. The summed E-state index contributed by atoms with van der Waals surface area (Å²) in [6.07, 6.45) is 1.24. The number of anilines is 1. The van der Waals surface area contributed by atoms with Gasteiger partial charge in [0.1, 0.15) is 11.5 Å². The number of hydrogen-bond acceptors (Lipinski definition) is 5. The SMILES string of the molecule is COc1ccccc1CCNCCC(=O)Nc1cc(C)on1. The summed E-state index contributed by atoms with van der Waals surface area (Å²) in [5.41, 5.74) is 1.15. The van der Waals surface area contributed by atoms with Crippen molar-refractivity contribution in [1.29, 1.82) is 0 Å². The summed E-state index contributed by atoms with van der Waals surface area (Å²) in [7, 11) is 1.67. The molecule has 2 rings (SSSR count). The molecule has 0 unspecified atom stereocenters. The van der Waals surface area contributed by atoms with Crippen LogP contribution in [0.3, 0.4) is 0 Å². The molecule has 0 radical (unpaired) electrons. The quantitative estimate of drug-likeness (QED) is 0.731. The van der Waals surface area contributed by atoms with E-state index in [1.54, 1.807) is 20.1 Å². The monoisotopic (exact) mass is 303 g/mol. The lowest BCUT2D eigenvalue weighted by molar-refractivity contribution is -0.116. The molecule has 1 amide bonds. The Hall–Kier alpha value is -2.34. The van der Waals surface area contributed by atoms with Gasteiger partial charge in [0.2, 0.25) is 5.91 Å². The predicted octanol–water partition coefficient (Wildman–Crippen LogP) is 2.15. The zero-order chi connectivity index (χ0) is 15.8. The number of nitrogens with one attached hydrogen (secondary N) is 2. The summed E-state index contributed by atoms with van der Waals surface area (Å²) < 4.78 is 10.2. The molecule has 1 aromatic heterocycles. The van der Waals surface area contributed by atoms with Crippen molar-refractivity contribution in [3.05, 3.63) is 41.7 Å². The smallest absolute Gasteiger partial charge is 0.226 e. The number of aromatic nitrogens is 1. The number of benzene rings is 1. The fraction of sp³-hybridized carbons (Fsp3) is 0.375. The van der Waals surface area contributed by atoms with Crippen LogP contribution in [0.4, 0.5) is 5.82 Å². The fourth-order valence-electron chi connectivity index (χ4n) is 2.09. The van der Waals surface area contributed by atoms with Crippen molar-refractivity contribution in [2.24, 2.45) is 0 Å². The molecule has 6 heteroatoms. The number of aryl methyl sites for hydroxylation is 1. The number of ether oxygens (including phenoxy) is 1. The van der Waals surface area contributed by atoms with E-state index in [0.29, 0.717) is 24.5 Å². The number of para-hydroxylation sites is 1. The van der Waals surface area contributed by atoms with Gasteiger partial charge in [-0.25, -0.2) is 0 Å². The zero-order valence-corrected chi connectivity index (χ0v) is 12.9. The van der Waals surface area contributed by atoms with Crippen LogP contribution in [0, 0.1) is 6.92 Å². The molecule has 2 aromatic rings. The molecule has 0 aliphatic rings. The van der Waals surface area contributed by atoms with Crippen LogP contribution in [0.15, 0.2) is 34.9 Å². The number of amides is 1. The van der Waals surface area contributed by atoms with Gasteiger partial charge in [-0.3, -0.25) is 4.79 Å². The van der Waals surface area contributed by atoms with Crippen molar-refractivity contribution in [2.75, 3.05) is 25.5 Å². The molecule has 0 saturated heterocycles. The summed E-state index contributed by atoms with van der Waals surface area (Å²) in [5, 5.41) is 9.65. The van der Waals surface area contributed by atoms with Gasteiger partial charge in [0, 0.05) is 19.0 Å².